The van der Waals surface area contributed by atoms with Gasteiger partial charge >= 0.3 is 13.7 Å². The first kappa shape index (κ1) is 33.3. The van der Waals surface area contributed by atoms with Crippen LogP contribution in [-0.4, -0.2) is 46.4 Å². The Bertz CT molecular complexity index is 1860. The number of aromatic nitrogens is 3. The molecule has 0 fully saturated rings. The van der Waals surface area contributed by atoms with Gasteiger partial charge < -0.3 is 24.3 Å². The Hall–Kier alpha value is -4.02. The summed E-state index contributed by atoms with van der Waals surface area (Å²) < 4.78 is 40.2. The minimum absolute atomic E-state index is 0.0374. The summed E-state index contributed by atoms with van der Waals surface area (Å²) in [4.78, 5) is 22.2. The second kappa shape index (κ2) is 15.0. The number of hydrogen-bond donors (Lipinski definition) is 2. The number of carbonyl (C=O) groups is 1. The standard InChI is InChI=1S/C34H42N5O6P/c1-5-8-20-43-34(40)23(4)38-46(41,45-29-19-13-15-24-14-9-10-16-26(24)29)44-21-25(6-2)39-30(22-42-7-3)37-31-32(39)27-17-11-12-18-28(27)36-33(31)35/h9-19,23,25H,5-8,20-22H2,1-4H3,(H2,35,36)(H,38,41)/t23-,25-,46-/m0/s1. The Kier molecular flexibility index (Phi) is 10.9. The van der Waals surface area contributed by atoms with Crippen LogP contribution in [0.5, 0.6) is 5.75 Å². The number of anilines is 1. The molecule has 3 N–H and O–H groups in total. The number of hydrogen-bond acceptors (Lipinski definition) is 9. The van der Waals surface area contributed by atoms with E-state index in [-0.39, 0.29) is 25.9 Å². The fraction of sp³-hybridized carbons (Fsp3) is 0.382. The number of esters is 1. The van der Waals surface area contributed by atoms with E-state index >= 15 is 0 Å². The van der Waals surface area contributed by atoms with Gasteiger partial charge in [-0.3, -0.25) is 9.32 Å². The molecule has 244 valence electrons. The van der Waals surface area contributed by atoms with Crippen LogP contribution in [0.1, 0.15) is 58.8 Å². The second-order valence-corrected chi connectivity index (χ2v) is 12.7. The third kappa shape index (κ3) is 7.34. The first-order valence-corrected chi connectivity index (χ1v) is 17.3. The quantitative estimate of drug-likeness (QED) is 0.0635. The van der Waals surface area contributed by atoms with Gasteiger partial charge in [0.05, 0.1) is 30.3 Å². The molecule has 0 amide bonds. The molecule has 0 aliphatic rings. The normalized spacial score (nSPS) is 14.3. The van der Waals surface area contributed by atoms with E-state index in [1.165, 1.54) is 0 Å². The van der Waals surface area contributed by atoms with Crippen molar-refractivity contribution in [2.24, 2.45) is 0 Å². The van der Waals surface area contributed by atoms with Gasteiger partial charge in [-0.2, -0.15) is 5.09 Å². The molecule has 3 atom stereocenters. The minimum atomic E-state index is -4.17. The van der Waals surface area contributed by atoms with Crippen LogP contribution in [0, 0.1) is 0 Å². The number of rotatable bonds is 16. The fourth-order valence-electron chi connectivity index (χ4n) is 5.34. The van der Waals surface area contributed by atoms with Crippen molar-refractivity contribution in [3.8, 4) is 5.75 Å². The number of pyridine rings is 1. The fourth-order valence-corrected chi connectivity index (χ4v) is 6.89. The Labute approximate surface area is 269 Å². The van der Waals surface area contributed by atoms with Crippen LogP contribution in [-0.2, 0) is 30.0 Å². The average Bonchev–Trinajstić information content (AvgIpc) is 3.44. The molecule has 5 aromatic rings. The summed E-state index contributed by atoms with van der Waals surface area (Å²) in [6.07, 6.45) is 2.20. The highest BCUT2D eigenvalue weighted by Crippen LogP contribution is 2.48. The first-order chi connectivity index (χ1) is 22.3. The number of imidazole rings is 1. The third-order valence-corrected chi connectivity index (χ3v) is 9.38. The van der Waals surface area contributed by atoms with Crippen LogP contribution in [0.3, 0.4) is 0 Å². The molecule has 12 heteroatoms. The Balaban J connectivity index is 1.52. The van der Waals surface area contributed by atoms with Crippen LogP contribution >= 0.6 is 7.75 Å². The van der Waals surface area contributed by atoms with E-state index in [1.54, 1.807) is 13.0 Å². The highest BCUT2D eigenvalue weighted by molar-refractivity contribution is 7.52. The van der Waals surface area contributed by atoms with E-state index in [4.69, 9.17) is 29.2 Å². The Morgan fingerprint density at radius 2 is 1.74 bits per heavy atom. The molecule has 2 aromatic heterocycles. The van der Waals surface area contributed by atoms with E-state index < -0.39 is 19.8 Å². The predicted molar refractivity (Wildman–Crippen MR) is 181 cm³/mol. The van der Waals surface area contributed by atoms with E-state index in [2.05, 4.69) is 10.1 Å². The number of ether oxygens (including phenoxy) is 2. The van der Waals surface area contributed by atoms with Gasteiger partial charge in [-0.1, -0.05) is 74.9 Å². The van der Waals surface area contributed by atoms with Crippen molar-refractivity contribution in [2.45, 2.75) is 65.6 Å². The van der Waals surface area contributed by atoms with Gasteiger partial charge in [-0.15, -0.1) is 0 Å². The van der Waals surface area contributed by atoms with Crippen LogP contribution in [0.4, 0.5) is 5.82 Å². The molecule has 11 nitrogen and oxygen atoms in total. The molecule has 0 saturated heterocycles. The zero-order valence-electron chi connectivity index (χ0n) is 26.8. The first-order valence-electron chi connectivity index (χ1n) is 15.8. The summed E-state index contributed by atoms with van der Waals surface area (Å²) in [6, 6.07) is 19.5. The van der Waals surface area contributed by atoms with E-state index in [0.29, 0.717) is 35.9 Å². The molecule has 46 heavy (non-hydrogen) atoms. The Morgan fingerprint density at radius 1 is 1.00 bits per heavy atom. The molecule has 2 heterocycles. The SMILES string of the molecule is CCCCOC(=O)[C@H](C)N[P@](=O)(OC[C@H](CC)n1c(COCC)nc2c(N)nc3ccccc3c21)Oc1cccc2ccccc12. The smallest absolute Gasteiger partial charge is 0.459 e. The predicted octanol–water partition coefficient (Wildman–Crippen LogP) is 7.33. The van der Waals surface area contributed by atoms with E-state index in [9.17, 15) is 9.36 Å². The van der Waals surface area contributed by atoms with Crippen molar-refractivity contribution in [2.75, 3.05) is 25.6 Å². The van der Waals surface area contributed by atoms with Gasteiger partial charge in [-0.25, -0.2) is 14.5 Å². The molecule has 0 spiro atoms. The van der Waals surface area contributed by atoms with Crippen molar-refractivity contribution in [3.05, 3.63) is 72.6 Å². The number of fused-ring (bicyclic) bond motifs is 4. The van der Waals surface area contributed by atoms with Gasteiger partial charge in [-0.05, 0) is 44.2 Å². The van der Waals surface area contributed by atoms with Gasteiger partial charge in [0, 0.05) is 17.4 Å². The number of carbonyl (C=O) groups excluding carboxylic acids is 1. The largest absolute Gasteiger partial charge is 0.465 e. The number of nitrogen functional groups attached to an aromatic ring is 1. The van der Waals surface area contributed by atoms with Crippen LogP contribution in [0.25, 0.3) is 32.7 Å². The molecular weight excluding hydrogens is 605 g/mol. The molecule has 0 radical (unpaired) electrons. The summed E-state index contributed by atoms with van der Waals surface area (Å²) in [5, 5.41) is 5.38. The molecule has 0 aliphatic heterocycles. The summed E-state index contributed by atoms with van der Waals surface area (Å²) in [5.74, 6) is 0.772. The zero-order valence-corrected chi connectivity index (χ0v) is 27.7. The maximum atomic E-state index is 14.6. The number of benzene rings is 3. The van der Waals surface area contributed by atoms with E-state index in [0.717, 1.165) is 40.0 Å². The van der Waals surface area contributed by atoms with Gasteiger partial charge in [0.15, 0.2) is 5.82 Å². The number of nitrogens with two attached hydrogens (primary N) is 1. The van der Waals surface area contributed by atoms with Gasteiger partial charge in [0.1, 0.15) is 29.7 Å². The molecule has 5 rings (SSSR count). The third-order valence-electron chi connectivity index (χ3n) is 7.75. The minimum Gasteiger partial charge on any atom is -0.465 e. The lowest BCUT2D eigenvalue weighted by atomic mass is 10.1. The van der Waals surface area contributed by atoms with Crippen molar-refractivity contribution in [1.82, 2.24) is 19.6 Å². The maximum Gasteiger partial charge on any atom is 0.459 e. The molecule has 0 bridgehead atoms. The number of para-hydroxylation sites is 1. The molecule has 0 saturated carbocycles. The van der Waals surface area contributed by atoms with Crippen LogP contribution in [0.2, 0.25) is 0 Å². The summed E-state index contributed by atoms with van der Waals surface area (Å²) >= 11 is 0. The lowest BCUT2D eigenvalue weighted by Gasteiger charge is -2.27. The van der Waals surface area contributed by atoms with Crippen molar-refractivity contribution in [1.29, 1.82) is 0 Å². The lowest BCUT2D eigenvalue weighted by molar-refractivity contribution is -0.145. The Morgan fingerprint density at radius 3 is 2.50 bits per heavy atom. The van der Waals surface area contributed by atoms with Gasteiger partial charge in [0.25, 0.3) is 0 Å². The molecular formula is C34H42N5O6P. The summed E-state index contributed by atoms with van der Waals surface area (Å²) in [6.45, 7) is 8.49. The number of unbranched alkanes of at least 4 members (excludes halogenated alkanes) is 1. The van der Waals surface area contributed by atoms with Crippen molar-refractivity contribution < 1.29 is 27.9 Å². The molecule has 0 aliphatic carbocycles. The molecule has 0 unspecified atom stereocenters. The summed E-state index contributed by atoms with van der Waals surface area (Å²) in [7, 11) is -4.17. The topological polar surface area (TPSA) is 140 Å². The monoisotopic (exact) mass is 647 g/mol. The maximum absolute atomic E-state index is 14.6. The average molecular weight is 648 g/mol. The number of nitrogens with one attached hydrogen (secondary N) is 1. The highest BCUT2D eigenvalue weighted by Gasteiger charge is 2.34. The van der Waals surface area contributed by atoms with E-state index in [1.807, 2.05) is 86.0 Å². The van der Waals surface area contributed by atoms with Crippen LogP contribution < -0.4 is 15.3 Å². The number of nitrogens with zero attached hydrogens (tertiary/aromatic N) is 3. The second-order valence-electron chi connectivity index (χ2n) is 11.0. The van der Waals surface area contributed by atoms with Gasteiger partial charge in [0.2, 0.25) is 0 Å². The zero-order chi connectivity index (χ0) is 32.7. The highest BCUT2D eigenvalue weighted by atomic mass is 31.2. The summed E-state index contributed by atoms with van der Waals surface area (Å²) in [5.41, 5.74) is 8.48. The lowest BCUT2D eigenvalue weighted by Crippen LogP contribution is -2.35. The van der Waals surface area contributed by atoms with Crippen molar-refractivity contribution in [3.63, 3.8) is 0 Å². The van der Waals surface area contributed by atoms with Crippen LogP contribution in [0.15, 0.2) is 66.7 Å². The molecule has 3 aromatic carbocycles. The van der Waals surface area contributed by atoms with Crippen molar-refractivity contribution >= 4 is 52.2 Å².